The fourth-order valence-corrected chi connectivity index (χ4v) is 7.23. The predicted octanol–water partition coefficient (Wildman–Crippen LogP) is 6.44. The van der Waals surface area contributed by atoms with Gasteiger partial charge in [0.05, 0.1) is 32.4 Å². The van der Waals surface area contributed by atoms with E-state index in [4.69, 9.17) is 13.9 Å². The molecule has 4 unspecified atom stereocenters. The Morgan fingerprint density at radius 1 is 1.14 bits per heavy atom. The molecule has 200 valence electrons. The van der Waals surface area contributed by atoms with E-state index in [1.54, 1.807) is 49.6 Å². The Morgan fingerprint density at radius 2 is 1.86 bits per heavy atom. The van der Waals surface area contributed by atoms with E-state index < -0.39 is 5.41 Å². The van der Waals surface area contributed by atoms with E-state index in [0.717, 1.165) is 62.0 Å². The summed E-state index contributed by atoms with van der Waals surface area (Å²) in [6.45, 7) is 9.36. The molecule has 4 atom stereocenters. The first-order valence-electron chi connectivity index (χ1n) is 13.3. The van der Waals surface area contributed by atoms with E-state index in [-0.39, 0.29) is 23.2 Å². The molecule has 0 spiro atoms. The molecule has 0 radical (unpaired) electrons. The van der Waals surface area contributed by atoms with Crippen LogP contribution in [0.25, 0.3) is 0 Å². The molecule has 2 aromatic rings. The second-order valence-electron chi connectivity index (χ2n) is 11.4. The zero-order valence-electron chi connectivity index (χ0n) is 23.0. The number of carbonyl (C=O) groups excluding carboxylic acids is 2. The minimum absolute atomic E-state index is 0.0154. The third kappa shape index (κ3) is 5.07. The van der Waals surface area contributed by atoms with Crippen molar-refractivity contribution in [3.05, 3.63) is 65.6 Å². The maximum Gasteiger partial charge on any atom is 0.311 e. The van der Waals surface area contributed by atoms with Gasteiger partial charge in [0.2, 0.25) is 0 Å². The van der Waals surface area contributed by atoms with Crippen molar-refractivity contribution in [1.29, 1.82) is 0 Å². The van der Waals surface area contributed by atoms with Gasteiger partial charge in [-0.3, -0.25) is 9.59 Å². The molecular weight excluding hydrogens is 466 g/mol. The normalized spacial score (nSPS) is 27.3. The predicted molar refractivity (Wildman–Crippen MR) is 143 cm³/mol. The molecule has 2 saturated carbocycles. The first-order valence-corrected chi connectivity index (χ1v) is 13.3. The number of ether oxygens (including phenoxy) is 2. The molecule has 1 heterocycles. The van der Waals surface area contributed by atoms with Crippen LogP contribution in [0.4, 0.5) is 0 Å². The molecule has 2 fully saturated rings. The van der Waals surface area contributed by atoms with Crippen molar-refractivity contribution in [1.82, 2.24) is 4.90 Å². The number of rotatable bonds is 8. The number of fused-ring (bicyclic) bond motifs is 1. The molecule has 0 N–H and O–H groups in total. The zero-order chi connectivity index (χ0) is 26.8. The van der Waals surface area contributed by atoms with E-state index in [9.17, 15) is 9.59 Å². The SMILES string of the molecule is C=C1CCC2C(C)(C(=O)OC)CCCC2(C)C1CCc1ccoc1CN(C)C(=O)c1ccc(OC)cc1. The molecule has 0 saturated heterocycles. The smallest absolute Gasteiger partial charge is 0.311 e. The molecule has 4 rings (SSSR count). The Labute approximate surface area is 221 Å². The number of benzene rings is 1. The minimum atomic E-state index is -0.438. The second kappa shape index (κ2) is 10.8. The van der Waals surface area contributed by atoms with Crippen LogP contribution in [0.1, 0.15) is 74.1 Å². The molecule has 6 nitrogen and oxygen atoms in total. The third-order valence-electron chi connectivity index (χ3n) is 9.28. The van der Waals surface area contributed by atoms with Crippen LogP contribution in [0.15, 0.2) is 53.2 Å². The summed E-state index contributed by atoms with van der Waals surface area (Å²) >= 11 is 0. The quantitative estimate of drug-likeness (QED) is 0.304. The highest BCUT2D eigenvalue weighted by molar-refractivity contribution is 5.94. The van der Waals surface area contributed by atoms with E-state index in [0.29, 0.717) is 18.0 Å². The van der Waals surface area contributed by atoms with Crippen molar-refractivity contribution in [2.24, 2.45) is 22.7 Å². The van der Waals surface area contributed by atoms with Gasteiger partial charge in [0.1, 0.15) is 11.5 Å². The average Bonchev–Trinajstić information content (AvgIpc) is 3.33. The topological polar surface area (TPSA) is 69.0 Å². The number of aryl methyl sites for hydroxylation is 1. The van der Waals surface area contributed by atoms with E-state index >= 15 is 0 Å². The van der Waals surface area contributed by atoms with Crippen molar-refractivity contribution < 1.29 is 23.5 Å². The highest BCUT2D eigenvalue weighted by atomic mass is 16.5. The molecule has 37 heavy (non-hydrogen) atoms. The Bertz CT molecular complexity index is 1130. The summed E-state index contributed by atoms with van der Waals surface area (Å²) in [7, 11) is 4.91. The summed E-state index contributed by atoms with van der Waals surface area (Å²) in [5, 5.41) is 0. The van der Waals surface area contributed by atoms with Crippen molar-refractivity contribution in [2.45, 2.75) is 65.3 Å². The highest BCUT2D eigenvalue weighted by Gasteiger charge is 2.57. The van der Waals surface area contributed by atoms with E-state index in [1.807, 2.05) is 6.07 Å². The fourth-order valence-electron chi connectivity index (χ4n) is 7.23. The van der Waals surface area contributed by atoms with Crippen LogP contribution in [-0.4, -0.2) is 38.0 Å². The van der Waals surface area contributed by atoms with Crippen LogP contribution in [0.3, 0.4) is 0 Å². The summed E-state index contributed by atoms with van der Waals surface area (Å²) in [4.78, 5) is 27.5. The van der Waals surface area contributed by atoms with Crippen molar-refractivity contribution >= 4 is 11.9 Å². The number of nitrogens with zero attached hydrogens (tertiary/aromatic N) is 1. The number of furan rings is 1. The highest BCUT2D eigenvalue weighted by Crippen LogP contribution is 2.62. The van der Waals surface area contributed by atoms with Crippen LogP contribution < -0.4 is 4.74 Å². The lowest BCUT2D eigenvalue weighted by Crippen LogP contribution is -2.53. The number of hydrogen-bond donors (Lipinski definition) is 0. The molecule has 6 heteroatoms. The van der Waals surface area contributed by atoms with Gasteiger partial charge in [-0.25, -0.2) is 0 Å². The lowest BCUT2D eigenvalue weighted by Gasteiger charge is -2.57. The number of hydrogen-bond acceptors (Lipinski definition) is 5. The van der Waals surface area contributed by atoms with Gasteiger partial charge in [-0.05, 0) is 98.6 Å². The number of allylic oxidation sites excluding steroid dienone is 1. The van der Waals surface area contributed by atoms with Crippen molar-refractivity contribution in [3.63, 3.8) is 0 Å². The Kier molecular flexibility index (Phi) is 7.86. The molecule has 1 aromatic carbocycles. The summed E-state index contributed by atoms with van der Waals surface area (Å²) in [5.41, 5.74) is 2.61. The molecule has 1 amide bonds. The van der Waals surface area contributed by atoms with Crippen LogP contribution in [0.2, 0.25) is 0 Å². The van der Waals surface area contributed by atoms with E-state index in [2.05, 4.69) is 20.4 Å². The van der Waals surface area contributed by atoms with Crippen molar-refractivity contribution in [2.75, 3.05) is 21.3 Å². The zero-order valence-corrected chi connectivity index (χ0v) is 23.0. The van der Waals surface area contributed by atoms with Gasteiger partial charge in [-0.1, -0.05) is 25.5 Å². The van der Waals surface area contributed by atoms with Gasteiger partial charge >= 0.3 is 5.97 Å². The summed E-state index contributed by atoms with van der Waals surface area (Å²) in [5.74, 6) is 2.01. The number of amides is 1. The van der Waals surface area contributed by atoms with E-state index in [1.165, 1.54) is 12.7 Å². The Morgan fingerprint density at radius 3 is 2.54 bits per heavy atom. The Balaban J connectivity index is 1.46. The average molecular weight is 508 g/mol. The number of carbonyl (C=O) groups is 2. The van der Waals surface area contributed by atoms with Crippen LogP contribution in [0.5, 0.6) is 5.75 Å². The maximum atomic E-state index is 13.0. The molecule has 2 aliphatic carbocycles. The first kappa shape index (κ1) is 27.0. The fraction of sp³-hybridized carbons (Fsp3) is 0.548. The largest absolute Gasteiger partial charge is 0.497 e. The summed E-state index contributed by atoms with van der Waals surface area (Å²) in [6, 6.07) is 9.16. The van der Waals surface area contributed by atoms with Crippen molar-refractivity contribution in [3.8, 4) is 5.75 Å². The summed E-state index contributed by atoms with van der Waals surface area (Å²) < 4.78 is 16.3. The van der Waals surface area contributed by atoms with Gasteiger partial charge < -0.3 is 18.8 Å². The standard InChI is InChI=1S/C31H41NO5/c1-21-8-15-27-30(2,17-7-18-31(27,3)29(34)36-6)25(21)14-11-22-16-19-37-26(22)20-32(4)28(33)23-9-12-24(35-5)13-10-23/h9-10,12-13,16,19,25,27H,1,7-8,11,14-15,17-18,20H2,2-6H3. The van der Waals surface area contributed by atoms with Gasteiger partial charge in [0, 0.05) is 12.6 Å². The Hall–Kier alpha value is -3.02. The summed E-state index contributed by atoms with van der Waals surface area (Å²) in [6.07, 6.45) is 8.47. The van der Waals surface area contributed by atoms with Gasteiger partial charge in [-0.2, -0.15) is 0 Å². The molecule has 2 aliphatic rings. The van der Waals surface area contributed by atoms with Gasteiger partial charge in [0.15, 0.2) is 0 Å². The second-order valence-corrected chi connectivity index (χ2v) is 11.4. The molecule has 0 aliphatic heterocycles. The first-order chi connectivity index (χ1) is 17.6. The number of esters is 1. The third-order valence-corrected chi connectivity index (χ3v) is 9.28. The van der Waals surface area contributed by atoms with Crippen LogP contribution >= 0.6 is 0 Å². The lowest BCUT2D eigenvalue weighted by atomic mass is 9.46. The van der Waals surface area contributed by atoms with Crippen LogP contribution in [0, 0.1) is 22.7 Å². The minimum Gasteiger partial charge on any atom is -0.497 e. The molecule has 1 aromatic heterocycles. The lowest BCUT2D eigenvalue weighted by molar-refractivity contribution is -0.168. The number of methoxy groups -OCH3 is 2. The molecular formula is C31H41NO5. The van der Waals surface area contributed by atoms with Gasteiger partial charge in [-0.15, -0.1) is 0 Å². The maximum absolute atomic E-state index is 13.0. The monoisotopic (exact) mass is 507 g/mol. The molecule has 0 bridgehead atoms. The van der Waals surface area contributed by atoms with Gasteiger partial charge in [0.25, 0.3) is 5.91 Å². The van der Waals surface area contributed by atoms with Crippen LogP contribution in [-0.2, 0) is 22.5 Å².